The van der Waals surface area contributed by atoms with Gasteiger partial charge in [0.1, 0.15) is 5.75 Å². The fourth-order valence-electron chi connectivity index (χ4n) is 1.59. The molecule has 1 aromatic rings. The van der Waals surface area contributed by atoms with Crippen molar-refractivity contribution in [1.82, 2.24) is 4.90 Å². The van der Waals surface area contributed by atoms with Crippen molar-refractivity contribution in [2.45, 2.75) is 25.8 Å². The number of likely N-dealkylation sites (N-methyl/N-ethyl adjacent to an activating group) is 1. The van der Waals surface area contributed by atoms with Gasteiger partial charge in [-0.25, -0.2) is 0 Å². The maximum absolute atomic E-state index is 11.8. The van der Waals surface area contributed by atoms with Gasteiger partial charge in [0.05, 0.1) is 6.04 Å². The van der Waals surface area contributed by atoms with Crippen LogP contribution in [0.3, 0.4) is 0 Å². The van der Waals surface area contributed by atoms with Gasteiger partial charge in [-0.15, -0.1) is 0 Å². The summed E-state index contributed by atoms with van der Waals surface area (Å²) in [6.45, 7) is 1.97. The Balaban J connectivity index is 2.50. The van der Waals surface area contributed by atoms with E-state index in [1.807, 2.05) is 6.92 Å². The summed E-state index contributed by atoms with van der Waals surface area (Å²) in [5, 5.41) is 2.74. The molecule has 0 aliphatic rings. The Labute approximate surface area is 125 Å². The van der Waals surface area contributed by atoms with E-state index in [4.69, 9.17) is 10.5 Å². The average Bonchev–Trinajstić information content (AvgIpc) is 2.46. The molecule has 0 aromatic heterocycles. The maximum Gasteiger partial charge on any atom is 0.259 e. The number of nitrogens with two attached hydrogens (primary N) is 1. The van der Waals surface area contributed by atoms with E-state index in [-0.39, 0.29) is 18.4 Å². The van der Waals surface area contributed by atoms with Gasteiger partial charge >= 0.3 is 0 Å². The van der Waals surface area contributed by atoms with Crippen LogP contribution >= 0.6 is 0 Å². The van der Waals surface area contributed by atoms with E-state index >= 15 is 0 Å². The summed E-state index contributed by atoms with van der Waals surface area (Å²) >= 11 is 0. The predicted molar refractivity (Wildman–Crippen MR) is 82.1 cm³/mol. The van der Waals surface area contributed by atoms with Gasteiger partial charge in [0.25, 0.3) is 5.91 Å². The van der Waals surface area contributed by atoms with Crippen molar-refractivity contribution in [1.29, 1.82) is 0 Å². The number of hydrogen-bond donors (Lipinski definition) is 2. The van der Waals surface area contributed by atoms with Crippen molar-refractivity contribution in [2.24, 2.45) is 5.73 Å². The van der Waals surface area contributed by atoms with Crippen LogP contribution in [-0.2, 0) is 9.59 Å². The van der Waals surface area contributed by atoms with Crippen molar-refractivity contribution in [3.63, 3.8) is 0 Å². The van der Waals surface area contributed by atoms with Gasteiger partial charge in [-0.1, -0.05) is 13.3 Å². The molecule has 2 amide bonds. The zero-order chi connectivity index (χ0) is 15.8. The summed E-state index contributed by atoms with van der Waals surface area (Å²) in [5.41, 5.74) is 6.39. The van der Waals surface area contributed by atoms with Gasteiger partial charge in [0.15, 0.2) is 6.61 Å². The SMILES string of the molecule is CCCC(N)C(=O)Nc1ccc(OCC(=O)N(C)C)cc1. The number of ether oxygens (including phenoxy) is 1. The molecule has 0 aliphatic carbocycles. The Morgan fingerprint density at radius 1 is 1.29 bits per heavy atom. The number of nitrogens with one attached hydrogen (secondary N) is 1. The van der Waals surface area contributed by atoms with Crippen LogP contribution in [0.1, 0.15) is 19.8 Å². The van der Waals surface area contributed by atoms with Crippen LogP contribution in [0.2, 0.25) is 0 Å². The fourth-order valence-corrected chi connectivity index (χ4v) is 1.59. The van der Waals surface area contributed by atoms with E-state index in [1.165, 1.54) is 4.90 Å². The van der Waals surface area contributed by atoms with E-state index in [0.29, 0.717) is 17.9 Å². The van der Waals surface area contributed by atoms with Gasteiger partial charge in [0.2, 0.25) is 5.91 Å². The van der Waals surface area contributed by atoms with Crippen molar-refractivity contribution in [3.05, 3.63) is 24.3 Å². The number of hydrogen-bond acceptors (Lipinski definition) is 4. The van der Waals surface area contributed by atoms with Crippen LogP contribution in [-0.4, -0.2) is 43.5 Å². The highest BCUT2D eigenvalue weighted by atomic mass is 16.5. The molecule has 1 atom stereocenters. The van der Waals surface area contributed by atoms with Crippen LogP contribution in [0.5, 0.6) is 5.75 Å². The summed E-state index contributed by atoms with van der Waals surface area (Å²) in [7, 11) is 3.34. The molecule has 0 saturated heterocycles. The lowest BCUT2D eigenvalue weighted by Crippen LogP contribution is -2.35. The topological polar surface area (TPSA) is 84.7 Å². The Morgan fingerprint density at radius 3 is 2.43 bits per heavy atom. The smallest absolute Gasteiger partial charge is 0.259 e. The van der Waals surface area contributed by atoms with E-state index in [1.54, 1.807) is 38.4 Å². The standard InChI is InChI=1S/C15H23N3O3/c1-4-5-13(16)15(20)17-11-6-8-12(9-7-11)21-10-14(19)18(2)3/h6-9,13H,4-5,10,16H2,1-3H3,(H,17,20). The van der Waals surface area contributed by atoms with Crippen LogP contribution < -0.4 is 15.8 Å². The molecule has 1 rings (SSSR count). The average molecular weight is 293 g/mol. The predicted octanol–water partition coefficient (Wildman–Crippen LogP) is 1.22. The van der Waals surface area contributed by atoms with Crippen LogP contribution in [0.15, 0.2) is 24.3 Å². The molecule has 6 heteroatoms. The van der Waals surface area contributed by atoms with E-state index in [9.17, 15) is 9.59 Å². The molecule has 0 radical (unpaired) electrons. The summed E-state index contributed by atoms with van der Waals surface area (Å²) in [4.78, 5) is 24.6. The summed E-state index contributed by atoms with van der Waals surface area (Å²) in [6.07, 6.45) is 1.51. The van der Waals surface area contributed by atoms with Crippen LogP contribution in [0.4, 0.5) is 5.69 Å². The highest BCUT2D eigenvalue weighted by molar-refractivity contribution is 5.94. The summed E-state index contributed by atoms with van der Waals surface area (Å²) in [5.74, 6) is 0.257. The second-order valence-electron chi connectivity index (χ2n) is 4.99. The molecule has 6 nitrogen and oxygen atoms in total. The first kappa shape index (κ1) is 17.0. The summed E-state index contributed by atoms with van der Waals surface area (Å²) < 4.78 is 5.35. The number of anilines is 1. The number of carbonyl (C=O) groups is 2. The number of nitrogens with zero attached hydrogens (tertiary/aromatic N) is 1. The minimum Gasteiger partial charge on any atom is -0.484 e. The molecule has 0 bridgehead atoms. The van der Waals surface area contributed by atoms with Crippen molar-refractivity contribution < 1.29 is 14.3 Å². The van der Waals surface area contributed by atoms with E-state index < -0.39 is 6.04 Å². The highest BCUT2D eigenvalue weighted by Gasteiger charge is 2.12. The van der Waals surface area contributed by atoms with Crippen molar-refractivity contribution in [3.8, 4) is 5.75 Å². The molecule has 116 valence electrons. The summed E-state index contributed by atoms with van der Waals surface area (Å²) in [6, 6.07) is 6.33. The first-order valence-corrected chi connectivity index (χ1v) is 6.93. The minimum absolute atomic E-state index is 0.0138. The van der Waals surface area contributed by atoms with Crippen molar-refractivity contribution >= 4 is 17.5 Å². The third-order valence-corrected chi connectivity index (χ3v) is 2.92. The molecule has 3 N–H and O–H groups in total. The molecule has 0 spiro atoms. The lowest BCUT2D eigenvalue weighted by molar-refractivity contribution is -0.130. The molecule has 0 aliphatic heterocycles. The van der Waals surface area contributed by atoms with Gasteiger partial charge in [-0.05, 0) is 30.7 Å². The third-order valence-electron chi connectivity index (χ3n) is 2.92. The normalized spacial score (nSPS) is 11.6. The second kappa shape index (κ2) is 8.26. The van der Waals surface area contributed by atoms with Crippen LogP contribution in [0, 0.1) is 0 Å². The zero-order valence-corrected chi connectivity index (χ0v) is 12.8. The largest absolute Gasteiger partial charge is 0.484 e. The maximum atomic E-state index is 11.8. The number of benzene rings is 1. The first-order valence-electron chi connectivity index (χ1n) is 6.93. The van der Waals surface area contributed by atoms with E-state index in [2.05, 4.69) is 5.32 Å². The highest BCUT2D eigenvalue weighted by Crippen LogP contribution is 2.16. The third kappa shape index (κ3) is 5.83. The Morgan fingerprint density at radius 2 is 1.90 bits per heavy atom. The van der Waals surface area contributed by atoms with Gasteiger partial charge in [0, 0.05) is 19.8 Å². The lowest BCUT2D eigenvalue weighted by atomic mass is 10.1. The van der Waals surface area contributed by atoms with E-state index in [0.717, 1.165) is 6.42 Å². The van der Waals surface area contributed by atoms with Gasteiger partial charge in [-0.2, -0.15) is 0 Å². The van der Waals surface area contributed by atoms with Crippen molar-refractivity contribution in [2.75, 3.05) is 26.0 Å². The molecule has 0 fully saturated rings. The van der Waals surface area contributed by atoms with Gasteiger partial charge in [-0.3, -0.25) is 9.59 Å². The molecular weight excluding hydrogens is 270 g/mol. The zero-order valence-electron chi connectivity index (χ0n) is 12.8. The quantitative estimate of drug-likeness (QED) is 0.791. The molecular formula is C15H23N3O3. The second-order valence-corrected chi connectivity index (χ2v) is 4.99. The Kier molecular flexibility index (Phi) is 6.68. The van der Waals surface area contributed by atoms with Crippen LogP contribution in [0.25, 0.3) is 0 Å². The minimum atomic E-state index is -0.497. The monoisotopic (exact) mass is 293 g/mol. The first-order chi connectivity index (χ1) is 9.93. The lowest BCUT2D eigenvalue weighted by Gasteiger charge is -2.13. The fraction of sp³-hybridized carbons (Fsp3) is 0.467. The molecule has 0 heterocycles. The molecule has 21 heavy (non-hydrogen) atoms. The Hall–Kier alpha value is -2.08. The number of amides is 2. The molecule has 1 aromatic carbocycles. The molecule has 0 saturated carbocycles. The van der Waals surface area contributed by atoms with Gasteiger partial charge < -0.3 is 20.7 Å². The Bertz CT molecular complexity index is 472. The number of rotatable bonds is 7. The molecule has 1 unspecified atom stereocenters. The number of carbonyl (C=O) groups excluding carboxylic acids is 2.